The third kappa shape index (κ3) is 3.28. The summed E-state index contributed by atoms with van der Waals surface area (Å²) < 4.78 is 61.3. The zero-order valence-electron chi connectivity index (χ0n) is 17.0. The second-order valence-electron chi connectivity index (χ2n) is 7.84. The Hall–Kier alpha value is -2.57. The Kier molecular flexibility index (Phi) is 4.98. The maximum atomic E-state index is 15.0. The predicted molar refractivity (Wildman–Crippen MR) is 117 cm³/mol. The van der Waals surface area contributed by atoms with E-state index in [0.29, 0.717) is 11.0 Å². The standard InChI is InChI=1S/C20H20F2N4O4S2/c1-2-32(28,29)24-15-10-26-16(20(15,21)22)6-8-25(19(26)27)18-17-13(12-7-9-31-11-12)4-3-5-14(17)30-23-18/h3-5,7,9,11,15-16,24H,2,6,8,10H2,1H3/t15-,16-/m1/s1. The fraction of sp³-hybridized carbons (Fsp3) is 0.400. The van der Waals surface area contributed by atoms with Crippen LogP contribution in [-0.2, 0) is 10.0 Å². The lowest BCUT2D eigenvalue weighted by Gasteiger charge is -2.37. The van der Waals surface area contributed by atoms with Crippen molar-refractivity contribution in [3.8, 4) is 11.1 Å². The molecule has 2 aliphatic heterocycles. The molecule has 8 nitrogen and oxygen atoms in total. The minimum Gasteiger partial charge on any atom is -0.354 e. The van der Waals surface area contributed by atoms with Gasteiger partial charge >= 0.3 is 6.03 Å². The first-order valence-electron chi connectivity index (χ1n) is 10.1. The molecule has 4 heterocycles. The van der Waals surface area contributed by atoms with E-state index >= 15 is 0 Å². The van der Waals surface area contributed by atoms with E-state index in [4.69, 9.17) is 4.52 Å². The molecule has 12 heteroatoms. The summed E-state index contributed by atoms with van der Waals surface area (Å²) in [6.45, 7) is 0.970. The maximum Gasteiger partial charge on any atom is 0.326 e. The highest BCUT2D eigenvalue weighted by Gasteiger charge is 2.60. The number of urea groups is 1. The van der Waals surface area contributed by atoms with E-state index in [-0.39, 0.29) is 24.5 Å². The van der Waals surface area contributed by atoms with Crippen LogP contribution in [0.2, 0.25) is 0 Å². The number of thiophene rings is 1. The predicted octanol–water partition coefficient (Wildman–Crippen LogP) is 3.51. The summed E-state index contributed by atoms with van der Waals surface area (Å²) in [5.74, 6) is -3.43. The number of carbonyl (C=O) groups is 1. The van der Waals surface area contributed by atoms with Gasteiger partial charge in [-0.15, -0.1) is 0 Å². The molecule has 2 amide bonds. The minimum atomic E-state index is -3.86. The van der Waals surface area contributed by atoms with Gasteiger partial charge in [-0.25, -0.2) is 26.7 Å². The molecule has 170 valence electrons. The SMILES string of the molecule is CCS(=O)(=O)N[C@@H]1CN2C(=O)N(c3noc4cccc(-c5ccsc5)c34)CC[C@@H]2C1(F)F. The number of benzene rings is 1. The number of sulfonamides is 1. The van der Waals surface area contributed by atoms with Gasteiger partial charge in [0.05, 0.1) is 11.1 Å². The van der Waals surface area contributed by atoms with Gasteiger partial charge in [-0.2, -0.15) is 11.3 Å². The highest BCUT2D eigenvalue weighted by atomic mass is 32.2. The van der Waals surface area contributed by atoms with Gasteiger partial charge in [0.2, 0.25) is 10.0 Å². The Morgan fingerprint density at radius 2 is 2.16 bits per heavy atom. The summed E-state index contributed by atoms with van der Waals surface area (Å²) in [5, 5.41) is 8.62. The average molecular weight is 483 g/mol. The number of hydrogen-bond donors (Lipinski definition) is 1. The Morgan fingerprint density at radius 1 is 1.34 bits per heavy atom. The van der Waals surface area contributed by atoms with Crippen molar-refractivity contribution in [1.82, 2.24) is 14.8 Å². The molecule has 2 fully saturated rings. The van der Waals surface area contributed by atoms with Gasteiger partial charge < -0.3 is 9.42 Å². The summed E-state index contributed by atoms with van der Waals surface area (Å²) in [6, 6.07) is 3.69. The molecule has 0 spiro atoms. The first-order valence-corrected chi connectivity index (χ1v) is 12.7. The first-order chi connectivity index (χ1) is 15.2. The molecule has 2 saturated heterocycles. The van der Waals surface area contributed by atoms with Gasteiger partial charge in [-0.1, -0.05) is 17.3 Å². The van der Waals surface area contributed by atoms with E-state index in [9.17, 15) is 22.0 Å². The molecule has 32 heavy (non-hydrogen) atoms. The van der Waals surface area contributed by atoms with E-state index in [1.807, 2.05) is 29.0 Å². The van der Waals surface area contributed by atoms with Crippen molar-refractivity contribution in [3.63, 3.8) is 0 Å². The van der Waals surface area contributed by atoms with Crippen LogP contribution in [0.15, 0.2) is 39.5 Å². The zero-order valence-corrected chi connectivity index (χ0v) is 18.6. The van der Waals surface area contributed by atoms with Gasteiger partial charge in [0, 0.05) is 13.1 Å². The number of rotatable bonds is 5. The number of fused-ring (bicyclic) bond motifs is 2. The third-order valence-electron chi connectivity index (χ3n) is 6.04. The van der Waals surface area contributed by atoms with Gasteiger partial charge in [-0.05, 0) is 47.4 Å². The topological polar surface area (TPSA) is 95.8 Å². The number of nitrogens with zero attached hydrogens (tertiary/aromatic N) is 3. The number of hydrogen-bond acceptors (Lipinski definition) is 6. The molecule has 0 unspecified atom stereocenters. The fourth-order valence-corrected chi connectivity index (χ4v) is 5.87. The fourth-order valence-electron chi connectivity index (χ4n) is 4.38. The van der Waals surface area contributed by atoms with Gasteiger partial charge in [0.15, 0.2) is 11.4 Å². The molecule has 1 aromatic carbocycles. The number of nitrogens with one attached hydrogen (secondary N) is 1. The van der Waals surface area contributed by atoms with Crippen LogP contribution in [0.25, 0.3) is 22.1 Å². The second-order valence-corrected chi connectivity index (χ2v) is 10.7. The monoisotopic (exact) mass is 482 g/mol. The number of alkyl halides is 2. The van der Waals surface area contributed by atoms with Crippen molar-refractivity contribution in [1.29, 1.82) is 0 Å². The van der Waals surface area contributed by atoms with Crippen LogP contribution in [0.4, 0.5) is 19.4 Å². The molecule has 0 bridgehead atoms. The number of amides is 2. The largest absolute Gasteiger partial charge is 0.354 e. The highest BCUT2D eigenvalue weighted by molar-refractivity contribution is 7.89. The molecular weight excluding hydrogens is 462 g/mol. The van der Waals surface area contributed by atoms with E-state index in [0.717, 1.165) is 16.0 Å². The van der Waals surface area contributed by atoms with Gasteiger partial charge in [0.1, 0.15) is 12.1 Å². The molecule has 0 aliphatic carbocycles. The molecular formula is C20H20F2N4O4S2. The Bertz CT molecular complexity index is 1280. The highest BCUT2D eigenvalue weighted by Crippen LogP contribution is 2.42. The van der Waals surface area contributed by atoms with Crippen LogP contribution < -0.4 is 9.62 Å². The van der Waals surface area contributed by atoms with Crippen molar-refractivity contribution in [3.05, 3.63) is 35.0 Å². The molecule has 2 aliphatic rings. The summed E-state index contributed by atoms with van der Waals surface area (Å²) >= 11 is 1.53. The van der Waals surface area contributed by atoms with Crippen LogP contribution >= 0.6 is 11.3 Å². The van der Waals surface area contributed by atoms with E-state index < -0.39 is 40.6 Å². The Morgan fingerprint density at radius 3 is 2.88 bits per heavy atom. The van der Waals surface area contributed by atoms with Crippen molar-refractivity contribution < 1.29 is 26.5 Å². The minimum absolute atomic E-state index is 0.0163. The third-order valence-corrected chi connectivity index (χ3v) is 8.12. The van der Waals surface area contributed by atoms with E-state index in [2.05, 4.69) is 9.88 Å². The van der Waals surface area contributed by atoms with Crippen LogP contribution in [0.5, 0.6) is 0 Å². The van der Waals surface area contributed by atoms with Crippen LogP contribution in [0.1, 0.15) is 13.3 Å². The quantitative estimate of drug-likeness (QED) is 0.601. The number of carbonyl (C=O) groups excluding carboxylic acids is 1. The average Bonchev–Trinajstić information content (AvgIpc) is 3.48. The molecule has 2 aromatic heterocycles. The zero-order chi connectivity index (χ0) is 22.7. The molecule has 0 saturated carbocycles. The Balaban J connectivity index is 1.50. The molecule has 3 aromatic rings. The smallest absolute Gasteiger partial charge is 0.326 e. The molecule has 5 rings (SSSR count). The number of halogens is 2. The van der Waals surface area contributed by atoms with E-state index in [1.165, 1.54) is 23.2 Å². The van der Waals surface area contributed by atoms with Crippen LogP contribution in [0.3, 0.4) is 0 Å². The van der Waals surface area contributed by atoms with Crippen molar-refractivity contribution in [2.24, 2.45) is 0 Å². The van der Waals surface area contributed by atoms with Gasteiger partial charge in [-0.3, -0.25) is 4.90 Å². The summed E-state index contributed by atoms with van der Waals surface area (Å²) in [5.41, 5.74) is 2.25. The lowest BCUT2D eigenvalue weighted by atomic mass is 10.0. The summed E-state index contributed by atoms with van der Waals surface area (Å²) in [4.78, 5) is 15.7. The van der Waals surface area contributed by atoms with Crippen molar-refractivity contribution >= 4 is 44.2 Å². The van der Waals surface area contributed by atoms with Gasteiger partial charge in [0.25, 0.3) is 5.92 Å². The number of anilines is 1. The first kappa shape index (κ1) is 21.3. The normalized spacial score (nSPS) is 23.2. The van der Waals surface area contributed by atoms with Crippen LogP contribution in [-0.4, -0.2) is 61.4 Å². The second kappa shape index (κ2) is 7.49. The van der Waals surface area contributed by atoms with Crippen LogP contribution in [0, 0.1) is 0 Å². The van der Waals surface area contributed by atoms with E-state index in [1.54, 1.807) is 6.07 Å². The Labute approximate surface area is 186 Å². The summed E-state index contributed by atoms with van der Waals surface area (Å²) in [7, 11) is -3.86. The molecule has 0 radical (unpaired) electrons. The summed E-state index contributed by atoms with van der Waals surface area (Å²) in [6.07, 6.45) is -0.0297. The molecule has 2 atom stereocenters. The number of aromatic nitrogens is 1. The lowest BCUT2D eigenvalue weighted by molar-refractivity contribution is -0.0448. The van der Waals surface area contributed by atoms with Crippen molar-refractivity contribution in [2.75, 3.05) is 23.7 Å². The lowest BCUT2D eigenvalue weighted by Crippen LogP contribution is -2.56. The molecule has 1 N–H and O–H groups in total. The van der Waals surface area contributed by atoms with Crippen molar-refractivity contribution in [2.45, 2.75) is 31.4 Å². The maximum absolute atomic E-state index is 15.0.